The maximum Gasteiger partial charge on any atom is 2.00 e. The minimum Gasteiger partial charge on any atom is -0.741 e. The van der Waals surface area contributed by atoms with Gasteiger partial charge in [0, 0.05) is 23.2 Å². The van der Waals surface area contributed by atoms with E-state index < -0.39 is 0 Å². The molecule has 0 aliphatic rings. The molecular weight excluding hydrogens is 495 g/mol. The van der Waals surface area contributed by atoms with Gasteiger partial charge >= 0.3 is 17.1 Å². The number of halogens is 1. The molecule has 23 heavy (non-hydrogen) atoms. The predicted molar refractivity (Wildman–Crippen MR) is 107 cm³/mol. The fraction of sp³-hybridized carbons (Fsp3) is 0.231. The number of hydrogen-bond acceptors (Lipinski definition) is 6. The van der Waals surface area contributed by atoms with Crippen LogP contribution in [0.3, 0.4) is 0 Å². The molecule has 0 aliphatic carbocycles. The molecule has 1 radical (unpaired) electrons. The van der Waals surface area contributed by atoms with Gasteiger partial charge in [-0.2, -0.15) is 15.3 Å². The average Bonchev–Trinajstić information content (AvgIpc) is 2.53. The number of nitrogens with zero attached hydrogens (tertiary/aromatic N) is 4. The van der Waals surface area contributed by atoms with Gasteiger partial charge in [0.1, 0.15) is 5.71 Å². The number of amidine groups is 2. The normalized spacial score (nSPS) is 13.4. The van der Waals surface area contributed by atoms with E-state index in [1.807, 2.05) is 24.3 Å². The van der Waals surface area contributed by atoms with E-state index in [-0.39, 0.29) is 17.1 Å². The minimum atomic E-state index is 0. The first kappa shape index (κ1) is 22.2. The van der Waals surface area contributed by atoms with E-state index >= 15 is 0 Å². The van der Waals surface area contributed by atoms with Crippen LogP contribution in [0, 0.1) is 3.57 Å². The second kappa shape index (κ2) is 11.7. The van der Waals surface area contributed by atoms with E-state index in [4.69, 9.17) is 25.3 Å². The van der Waals surface area contributed by atoms with Crippen LogP contribution in [0.4, 0.5) is 0 Å². The monoisotopic (exact) mass is 509 g/mol. The van der Waals surface area contributed by atoms with Crippen molar-refractivity contribution in [2.24, 2.45) is 20.4 Å². The van der Waals surface area contributed by atoms with Gasteiger partial charge in [-0.05, 0) is 52.0 Å². The average molecular weight is 510 g/mol. The van der Waals surface area contributed by atoms with E-state index in [1.165, 1.54) is 0 Å². The third-order valence-corrected chi connectivity index (χ3v) is 3.71. The van der Waals surface area contributed by atoms with Gasteiger partial charge in [-0.25, -0.2) is 0 Å². The number of benzene rings is 1. The molecule has 6 nitrogen and oxygen atoms in total. The SMILES string of the molecule is CN/C([S-])=N/N=C(C)/C(=N/N=C(\[S-])NC)c1ccc(I)cc1.[Cu+2]. The molecule has 1 aromatic carbocycles. The third-order valence-electron chi connectivity index (χ3n) is 2.42. The number of nitrogens with one attached hydrogen (secondary N) is 2. The Bertz CT molecular complexity index is 628. The molecule has 127 valence electrons. The van der Waals surface area contributed by atoms with E-state index in [0.717, 1.165) is 9.13 Å². The molecule has 1 aromatic rings. The van der Waals surface area contributed by atoms with Crippen molar-refractivity contribution in [3.8, 4) is 0 Å². The van der Waals surface area contributed by atoms with Crippen LogP contribution in [0.25, 0.3) is 0 Å². The second-order valence-electron chi connectivity index (χ2n) is 3.95. The first-order valence-electron chi connectivity index (χ1n) is 6.21. The topological polar surface area (TPSA) is 73.5 Å². The van der Waals surface area contributed by atoms with Gasteiger partial charge in [-0.15, -0.1) is 5.10 Å². The van der Waals surface area contributed by atoms with Crippen molar-refractivity contribution in [3.63, 3.8) is 0 Å². The van der Waals surface area contributed by atoms with Crippen LogP contribution in [-0.4, -0.2) is 35.9 Å². The standard InChI is InChI=1S/C13H17IN6S2.Cu/c1-8(17-19-12(21)15-2)11(18-20-13(22)16-3)9-4-6-10(14)7-5-9;/h4-7H,1-3H3,(H2,15,19,21)(H2,16,20,22);/q;+2/p-2/b17-8+,18-11-;. The second-order valence-corrected chi connectivity index (χ2v) is 5.97. The van der Waals surface area contributed by atoms with Crippen molar-refractivity contribution in [2.45, 2.75) is 6.92 Å². The maximum atomic E-state index is 4.98. The smallest absolute Gasteiger partial charge is 0.741 e. The van der Waals surface area contributed by atoms with Gasteiger partial charge in [-0.3, -0.25) is 0 Å². The summed E-state index contributed by atoms with van der Waals surface area (Å²) in [5, 5.41) is 22.1. The molecule has 0 spiro atoms. The Kier molecular flexibility index (Phi) is 11.3. The summed E-state index contributed by atoms with van der Waals surface area (Å²) in [6.07, 6.45) is 0. The Morgan fingerprint density at radius 2 is 1.39 bits per heavy atom. The molecule has 1 rings (SSSR count). The molecule has 10 heteroatoms. The Balaban J connectivity index is 0.00000484. The van der Waals surface area contributed by atoms with Gasteiger partial charge < -0.3 is 35.9 Å². The van der Waals surface area contributed by atoms with Crippen LogP contribution < -0.4 is 10.6 Å². The molecule has 0 unspecified atom stereocenters. The summed E-state index contributed by atoms with van der Waals surface area (Å²) in [5.41, 5.74) is 2.04. The summed E-state index contributed by atoms with van der Waals surface area (Å²) in [6.45, 7) is 1.79. The summed E-state index contributed by atoms with van der Waals surface area (Å²) in [6, 6.07) is 7.83. The Hall–Kier alpha value is -0.811. The van der Waals surface area contributed by atoms with Gasteiger partial charge in [0.2, 0.25) is 0 Å². The Morgan fingerprint density at radius 1 is 0.913 bits per heavy atom. The van der Waals surface area contributed by atoms with Crippen molar-refractivity contribution in [2.75, 3.05) is 14.1 Å². The van der Waals surface area contributed by atoms with Gasteiger partial charge in [0.15, 0.2) is 0 Å². The van der Waals surface area contributed by atoms with Crippen LogP contribution in [0.2, 0.25) is 0 Å². The molecule has 0 saturated heterocycles. The van der Waals surface area contributed by atoms with Crippen molar-refractivity contribution in [1.29, 1.82) is 0 Å². The first-order valence-corrected chi connectivity index (χ1v) is 8.11. The molecule has 2 N–H and O–H groups in total. The van der Waals surface area contributed by atoms with Crippen molar-refractivity contribution >= 4 is 69.6 Å². The van der Waals surface area contributed by atoms with Crippen LogP contribution >= 0.6 is 22.6 Å². The van der Waals surface area contributed by atoms with Gasteiger partial charge in [-0.1, -0.05) is 12.1 Å². The van der Waals surface area contributed by atoms with Crippen LogP contribution in [0.5, 0.6) is 0 Å². The number of rotatable bonds is 4. The molecule has 0 saturated carbocycles. The molecule has 0 aromatic heterocycles. The molecule has 0 aliphatic heterocycles. The summed E-state index contributed by atoms with van der Waals surface area (Å²) in [4.78, 5) is 0. The molecule has 0 heterocycles. The fourth-order valence-corrected chi connectivity index (χ4v) is 1.75. The summed E-state index contributed by atoms with van der Waals surface area (Å²) in [7, 11) is 3.37. The van der Waals surface area contributed by atoms with Crippen molar-refractivity contribution in [3.05, 3.63) is 33.4 Å². The third kappa shape index (κ3) is 8.02. The van der Waals surface area contributed by atoms with E-state index in [1.54, 1.807) is 21.0 Å². The Morgan fingerprint density at radius 3 is 1.87 bits per heavy atom. The molecule has 0 amide bonds. The maximum absolute atomic E-state index is 4.98. The van der Waals surface area contributed by atoms with E-state index in [9.17, 15) is 0 Å². The quantitative estimate of drug-likeness (QED) is 0.162. The largest absolute Gasteiger partial charge is 2.00 e. The minimum absolute atomic E-state index is 0. The zero-order valence-electron chi connectivity index (χ0n) is 12.6. The zero-order valence-corrected chi connectivity index (χ0v) is 17.3. The van der Waals surface area contributed by atoms with E-state index in [2.05, 4.69) is 53.6 Å². The Labute approximate surface area is 171 Å². The van der Waals surface area contributed by atoms with Crippen molar-refractivity contribution in [1.82, 2.24) is 10.6 Å². The fourth-order valence-electron chi connectivity index (χ4n) is 1.31. The summed E-state index contributed by atoms with van der Waals surface area (Å²) in [5.74, 6) is 0. The molecular formula is C13H15CuIN6S2. The van der Waals surface area contributed by atoms with Gasteiger partial charge in [0.05, 0.1) is 5.71 Å². The van der Waals surface area contributed by atoms with Crippen LogP contribution in [-0.2, 0) is 42.3 Å². The molecule has 0 atom stereocenters. The van der Waals surface area contributed by atoms with Crippen LogP contribution in [0.1, 0.15) is 12.5 Å². The van der Waals surface area contributed by atoms with Gasteiger partial charge in [0.25, 0.3) is 0 Å². The summed E-state index contributed by atoms with van der Waals surface area (Å²) < 4.78 is 1.12. The molecule has 0 fully saturated rings. The first-order chi connectivity index (χ1) is 10.5. The number of hydrogen-bond donors (Lipinski definition) is 2. The van der Waals surface area contributed by atoms with Crippen LogP contribution in [0.15, 0.2) is 44.7 Å². The summed E-state index contributed by atoms with van der Waals surface area (Å²) >= 11 is 12.2. The zero-order chi connectivity index (χ0) is 16.5. The van der Waals surface area contributed by atoms with E-state index in [0.29, 0.717) is 21.8 Å². The van der Waals surface area contributed by atoms with Crippen molar-refractivity contribution < 1.29 is 17.1 Å². The molecule has 0 bridgehead atoms. The predicted octanol–water partition coefficient (Wildman–Crippen LogP) is 1.61.